The molecular weight excluding hydrogens is 298 g/mol. The maximum Gasteiger partial charge on any atom is 0.212 e. The molecule has 0 radical (unpaired) electrons. The summed E-state index contributed by atoms with van der Waals surface area (Å²) in [6, 6.07) is 11.9. The van der Waals surface area contributed by atoms with Crippen molar-refractivity contribution in [3.8, 4) is 17.1 Å². The second-order valence-electron chi connectivity index (χ2n) is 4.78. The quantitative estimate of drug-likeness (QED) is 0.802. The van der Waals surface area contributed by atoms with Crippen molar-refractivity contribution in [3.63, 3.8) is 0 Å². The Labute approximate surface area is 131 Å². The molecule has 2 aromatic heterocycles. The van der Waals surface area contributed by atoms with E-state index < -0.39 is 0 Å². The number of benzene rings is 1. The summed E-state index contributed by atoms with van der Waals surface area (Å²) in [5, 5.41) is 9.43. The van der Waals surface area contributed by atoms with Crippen molar-refractivity contribution in [2.45, 2.75) is 10.5 Å². The number of nitrogens with one attached hydrogen (secondary N) is 1. The van der Waals surface area contributed by atoms with E-state index in [1.54, 1.807) is 31.3 Å². The van der Waals surface area contributed by atoms with Crippen molar-refractivity contribution in [2.24, 2.45) is 0 Å². The van der Waals surface area contributed by atoms with Crippen molar-refractivity contribution in [2.75, 3.05) is 12.5 Å². The molecule has 22 heavy (non-hydrogen) atoms. The van der Waals surface area contributed by atoms with Crippen molar-refractivity contribution >= 4 is 11.8 Å². The first-order chi connectivity index (χ1) is 10.8. The minimum Gasteiger partial charge on any atom is -0.497 e. The molecule has 0 saturated heterocycles. The molecular formula is C15H13N5OS. The fraction of sp³-hybridized carbons (Fsp3) is 0.133. The van der Waals surface area contributed by atoms with Gasteiger partial charge in [0.05, 0.1) is 7.11 Å². The first-order valence-electron chi connectivity index (χ1n) is 6.78. The van der Waals surface area contributed by atoms with Gasteiger partial charge in [0.1, 0.15) is 11.1 Å². The van der Waals surface area contributed by atoms with E-state index in [4.69, 9.17) is 4.74 Å². The van der Waals surface area contributed by atoms with Crippen LogP contribution in [-0.4, -0.2) is 27.0 Å². The molecule has 6 nitrogen and oxygen atoms in total. The van der Waals surface area contributed by atoms with E-state index in [1.807, 2.05) is 41.1 Å². The van der Waals surface area contributed by atoms with E-state index in [0.717, 1.165) is 27.9 Å². The monoisotopic (exact) mass is 311 g/mol. The van der Waals surface area contributed by atoms with Gasteiger partial charge in [0.15, 0.2) is 5.82 Å². The number of nitrogens with zero attached hydrogens (tertiary/aromatic N) is 4. The maximum atomic E-state index is 5.19. The molecule has 3 aromatic rings. The highest BCUT2D eigenvalue weighted by atomic mass is 32.2. The Morgan fingerprint density at radius 1 is 1.18 bits per heavy atom. The zero-order chi connectivity index (χ0) is 14.9. The molecule has 0 spiro atoms. The van der Waals surface area contributed by atoms with Gasteiger partial charge >= 0.3 is 0 Å². The van der Waals surface area contributed by atoms with Gasteiger partial charge in [0.25, 0.3) is 0 Å². The topological polar surface area (TPSA) is 64.9 Å². The normalized spacial score (nSPS) is 16.1. The molecule has 0 fully saturated rings. The van der Waals surface area contributed by atoms with Crippen LogP contribution < -0.4 is 10.2 Å². The molecule has 0 aliphatic carbocycles. The van der Waals surface area contributed by atoms with Crippen LogP contribution >= 0.6 is 11.8 Å². The third-order valence-corrected chi connectivity index (χ3v) is 4.53. The predicted octanol–water partition coefficient (Wildman–Crippen LogP) is 2.70. The van der Waals surface area contributed by atoms with Gasteiger partial charge in [0, 0.05) is 18.0 Å². The Morgan fingerprint density at radius 2 is 2.05 bits per heavy atom. The fourth-order valence-electron chi connectivity index (χ4n) is 2.31. The highest BCUT2D eigenvalue weighted by Crippen LogP contribution is 2.40. The van der Waals surface area contributed by atoms with Gasteiger partial charge in [0.2, 0.25) is 5.16 Å². The van der Waals surface area contributed by atoms with E-state index in [9.17, 15) is 0 Å². The number of aromatic nitrogens is 4. The van der Waals surface area contributed by atoms with Crippen molar-refractivity contribution < 1.29 is 4.74 Å². The number of pyridine rings is 1. The van der Waals surface area contributed by atoms with E-state index in [-0.39, 0.29) is 5.37 Å². The Balaban J connectivity index is 1.62. The summed E-state index contributed by atoms with van der Waals surface area (Å²) in [7, 11) is 1.67. The molecule has 1 N–H and O–H groups in total. The first-order valence-corrected chi connectivity index (χ1v) is 7.66. The molecule has 1 aromatic carbocycles. The Morgan fingerprint density at radius 3 is 2.77 bits per heavy atom. The van der Waals surface area contributed by atoms with Gasteiger partial charge in [-0.2, -0.15) is 0 Å². The largest absolute Gasteiger partial charge is 0.497 e. The predicted molar refractivity (Wildman–Crippen MR) is 84.2 cm³/mol. The van der Waals surface area contributed by atoms with Crippen LogP contribution in [0.2, 0.25) is 0 Å². The number of hydrogen-bond donors (Lipinski definition) is 1. The van der Waals surface area contributed by atoms with E-state index >= 15 is 0 Å². The van der Waals surface area contributed by atoms with Gasteiger partial charge in [-0.1, -0.05) is 23.9 Å². The Bertz CT molecular complexity index is 787. The summed E-state index contributed by atoms with van der Waals surface area (Å²) in [6.45, 7) is 0. The zero-order valence-electron chi connectivity index (χ0n) is 11.8. The lowest BCUT2D eigenvalue weighted by Crippen LogP contribution is -2.13. The van der Waals surface area contributed by atoms with E-state index in [1.165, 1.54) is 0 Å². The summed E-state index contributed by atoms with van der Waals surface area (Å²) in [5.74, 6) is 1.62. The molecule has 0 bridgehead atoms. The van der Waals surface area contributed by atoms with Crippen LogP contribution in [0.1, 0.15) is 10.9 Å². The molecule has 110 valence electrons. The number of thioether (sulfide) groups is 1. The number of methoxy groups -OCH3 is 1. The number of rotatable bonds is 3. The number of ether oxygens (including phenoxy) is 1. The van der Waals surface area contributed by atoms with Crippen molar-refractivity contribution in [1.29, 1.82) is 0 Å². The highest BCUT2D eigenvalue weighted by Gasteiger charge is 2.28. The lowest BCUT2D eigenvalue weighted by molar-refractivity contribution is 0.414. The van der Waals surface area contributed by atoms with E-state index in [0.29, 0.717) is 0 Å². The number of hydrogen-bond acceptors (Lipinski definition) is 6. The van der Waals surface area contributed by atoms with Crippen molar-refractivity contribution in [1.82, 2.24) is 19.9 Å². The number of fused-ring (bicyclic) bond motifs is 1. The van der Waals surface area contributed by atoms with Crippen molar-refractivity contribution in [3.05, 3.63) is 54.4 Å². The SMILES string of the molecule is COc1ccc([C@H]2Nn3c(nnc3-c3cccnc3)S2)cc1. The van der Waals surface area contributed by atoms with Gasteiger partial charge in [-0.05, 0) is 29.8 Å². The van der Waals surface area contributed by atoms with Crippen LogP contribution in [0.25, 0.3) is 11.4 Å². The van der Waals surface area contributed by atoms with Gasteiger partial charge in [-0.25, -0.2) is 4.68 Å². The van der Waals surface area contributed by atoms with Crippen LogP contribution in [0, 0.1) is 0 Å². The summed E-state index contributed by atoms with van der Waals surface area (Å²) in [6.07, 6.45) is 3.53. The fourth-order valence-corrected chi connectivity index (χ4v) is 3.31. The molecule has 0 saturated carbocycles. The standard InChI is InChI=1S/C15H13N5OS/c1-21-12-6-4-10(5-7-12)14-19-20-13(17-18-15(20)22-14)11-3-2-8-16-9-11/h2-9,14,19H,1H3/t14-/m0/s1. The molecule has 4 rings (SSSR count). The van der Waals surface area contributed by atoms with Gasteiger partial charge in [-0.15, -0.1) is 10.2 Å². The van der Waals surface area contributed by atoms with Crippen LogP contribution in [0.5, 0.6) is 5.75 Å². The second-order valence-corrected chi connectivity index (χ2v) is 5.86. The average Bonchev–Trinajstić information content (AvgIpc) is 3.16. The van der Waals surface area contributed by atoms with E-state index in [2.05, 4.69) is 20.6 Å². The molecule has 0 amide bonds. The van der Waals surface area contributed by atoms with Gasteiger partial charge in [-0.3, -0.25) is 4.98 Å². The Hall–Kier alpha value is -2.54. The summed E-state index contributed by atoms with van der Waals surface area (Å²) >= 11 is 1.64. The second kappa shape index (κ2) is 5.34. The molecule has 1 aliphatic heterocycles. The summed E-state index contributed by atoms with van der Waals surface area (Å²) in [4.78, 5) is 4.13. The smallest absolute Gasteiger partial charge is 0.212 e. The minimum absolute atomic E-state index is 0.104. The summed E-state index contributed by atoms with van der Waals surface area (Å²) in [5.41, 5.74) is 5.52. The molecule has 0 unspecified atom stereocenters. The Kier molecular flexibility index (Phi) is 3.19. The van der Waals surface area contributed by atoms with Crippen LogP contribution in [0.3, 0.4) is 0 Å². The van der Waals surface area contributed by atoms with Crippen LogP contribution in [-0.2, 0) is 0 Å². The molecule has 3 heterocycles. The highest BCUT2D eigenvalue weighted by molar-refractivity contribution is 7.99. The first kappa shape index (κ1) is 13.1. The van der Waals surface area contributed by atoms with Crippen LogP contribution in [0.15, 0.2) is 53.9 Å². The molecule has 1 atom stereocenters. The summed E-state index contributed by atoms with van der Waals surface area (Å²) < 4.78 is 7.11. The zero-order valence-corrected chi connectivity index (χ0v) is 12.6. The third-order valence-electron chi connectivity index (χ3n) is 3.44. The minimum atomic E-state index is 0.104. The lowest BCUT2D eigenvalue weighted by atomic mass is 10.2. The van der Waals surface area contributed by atoms with Gasteiger partial charge < -0.3 is 10.2 Å². The van der Waals surface area contributed by atoms with Crippen LogP contribution in [0.4, 0.5) is 0 Å². The molecule has 7 heteroatoms. The maximum absolute atomic E-state index is 5.19. The lowest BCUT2D eigenvalue weighted by Gasteiger charge is -2.12. The third kappa shape index (κ3) is 2.19. The average molecular weight is 311 g/mol. The molecule has 1 aliphatic rings.